The Balaban J connectivity index is 1.61. The number of hydrogen-bond acceptors (Lipinski definition) is 4. The van der Waals surface area contributed by atoms with Crippen molar-refractivity contribution in [2.45, 2.75) is 13.2 Å². The van der Waals surface area contributed by atoms with E-state index in [1.165, 1.54) is 24.4 Å². The number of hydrogen-bond donors (Lipinski definition) is 0. The lowest BCUT2D eigenvalue weighted by atomic mass is 10.1. The third-order valence-electron chi connectivity index (χ3n) is 4.27. The molecule has 4 rings (SSSR count). The van der Waals surface area contributed by atoms with Crippen molar-refractivity contribution in [3.8, 4) is 5.75 Å². The van der Waals surface area contributed by atoms with Crippen LogP contribution in [0.3, 0.4) is 0 Å². The first-order chi connectivity index (χ1) is 13.5. The number of nitrogens with zero attached hydrogens (tertiary/aromatic N) is 3. The fraction of sp³-hybridized carbons (Fsp3) is 0.100. The van der Waals surface area contributed by atoms with Crippen LogP contribution in [0.1, 0.15) is 11.3 Å². The highest BCUT2D eigenvalue weighted by molar-refractivity contribution is 6.34. The summed E-state index contributed by atoms with van der Waals surface area (Å²) in [6.07, 6.45) is 3.04. The molecule has 0 N–H and O–H groups in total. The van der Waals surface area contributed by atoms with Gasteiger partial charge in [0.05, 0.1) is 29.3 Å². The second-order valence-corrected chi connectivity index (χ2v) is 6.88. The second-order valence-electron chi connectivity index (χ2n) is 6.06. The first kappa shape index (κ1) is 18.7. The monoisotopic (exact) mass is 419 g/mol. The van der Waals surface area contributed by atoms with Gasteiger partial charge in [-0.2, -0.15) is 0 Å². The summed E-state index contributed by atoms with van der Waals surface area (Å²) in [6.45, 7) is 0.200. The summed E-state index contributed by atoms with van der Waals surface area (Å²) >= 11 is 12.5. The Kier molecular flexibility index (Phi) is 5.15. The lowest BCUT2D eigenvalue weighted by Gasteiger charge is -2.26. The van der Waals surface area contributed by atoms with E-state index >= 15 is 0 Å². The van der Waals surface area contributed by atoms with Crippen LogP contribution in [0.25, 0.3) is 0 Å². The van der Waals surface area contributed by atoms with Crippen LogP contribution in [0.5, 0.6) is 5.75 Å². The number of rotatable bonds is 4. The van der Waals surface area contributed by atoms with Gasteiger partial charge in [0.1, 0.15) is 18.1 Å². The van der Waals surface area contributed by atoms with Crippen molar-refractivity contribution in [2.24, 2.45) is 4.99 Å². The van der Waals surface area contributed by atoms with E-state index in [2.05, 4.69) is 9.98 Å². The van der Waals surface area contributed by atoms with Crippen LogP contribution in [-0.2, 0) is 13.2 Å². The maximum atomic E-state index is 14.3. The van der Waals surface area contributed by atoms with Gasteiger partial charge in [0.25, 0.3) is 0 Å². The fourth-order valence-electron chi connectivity index (χ4n) is 2.83. The summed E-state index contributed by atoms with van der Waals surface area (Å²) in [7, 11) is 0. The van der Waals surface area contributed by atoms with Gasteiger partial charge >= 0.3 is 0 Å². The molecule has 28 heavy (non-hydrogen) atoms. The van der Waals surface area contributed by atoms with E-state index < -0.39 is 11.6 Å². The van der Waals surface area contributed by atoms with Gasteiger partial charge < -0.3 is 9.64 Å². The third-order valence-corrected chi connectivity index (χ3v) is 4.93. The van der Waals surface area contributed by atoms with Crippen molar-refractivity contribution in [3.63, 3.8) is 0 Å². The predicted octanol–water partition coefficient (Wildman–Crippen LogP) is 5.93. The largest absolute Gasteiger partial charge is 0.484 e. The number of halogens is 4. The number of pyridine rings is 1. The molecule has 8 heteroatoms. The van der Waals surface area contributed by atoms with Crippen LogP contribution in [-0.4, -0.2) is 11.3 Å². The normalized spacial score (nSPS) is 12.8. The van der Waals surface area contributed by atoms with Crippen LogP contribution >= 0.6 is 23.2 Å². The lowest BCUT2D eigenvalue weighted by molar-refractivity contribution is 0.280. The molecular formula is C20H13Cl2F2N3O. The third kappa shape index (κ3) is 3.66. The first-order valence-corrected chi connectivity index (χ1v) is 9.08. The zero-order valence-corrected chi connectivity index (χ0v) is 15.9. The van der Waals surface area contributed by atoms with Crippen LogP contribution in [0, 0.1) is 11.6 Å². The van der Waals surface area contributed by atoms with Crippen molar-refractivity contribution >= 4 is 40.9 Å². The zero-order valence-electron chi connectivity index (χ0n) is 14.4. The molecule has 0 aliphatic carbocycles. The number of benzene rings is 2. The molecule has 2 heterocycles. The number of aromatic nitrogens is 1. The van der Waals surface area contributed by atoms with E-state index in [9.17, 15) is 8.78 Å². The van der Waals surface area contributed by atoms with Gasteiger partial charge in [-0.15, -0.1) is 0 Å². The molecule has 0 saturated carbocycles. The van der Waals surface area contributed by atoms with Crippen LogP contribution < -0.4 is 9.64 Å². The maximum Gasteiger partial charge on any atom is 0.166 e. The summed E-state index contributed by atoms with van der Waals surface area (Å²) < 4.78 is 33.5. The topological polar surface area (TPSA) is 37.7 Å². The Bertz CT molecular complexity index is 1080. The minimum Gasteiger partial charge on any atom is -0.484 e. The summed E-state index contributed by atoms with van der Waals surface area (Å²) in [6, 6.07) is 10.8. The Morgan fingerprint density at radius 2 is 1.89 bits per heavy atom. The van der Waals surface area contributed by atoms with E-state index in [1.807, 2.05) is 12.1 Å². The fourth-order valence-corrected chi connectivity index (χ4v) is 3.32. The quantitative estimate of drug-likeness (QED) is 0.526. The molecule has 4 nitrogen and oxygen atoms in total. The summed E-state index contributed by atoms with van der Waals surface area (Å²) in [5.74, 6) is -1.24. The Morgan fingerprint density at radius 1 is 1.04 bits per heavy atom. The van der Waals surface area contributed by atoms with Gasteiger partial charge in [-0.3, -0.25) is 4.98 Å². The molecule has 0 saturated heterocycles. The Morgan fingerprint density at radius 3 is 2.71 bits per heavy atom. The maximum absolute atomic E-state index is 14.3. The van der Waals surface area contributed by atoms with Gasteiger partial charge in [0.15, 0.2) is 11.6 Å². The van der Waals surface area contributed by atoms with E-state index in [0.717, 1.165) is 17.3 Å². The van der Waals surface area contributed by atoms with Gasteiger partial charge in [-0.05, 0) is 30.3 Å². The number of anilines is 1. The Labute approximate surface area is 170 Å². The molecule has 1 aliphatic rings. The molecule has 0 unspecified atom stereocenters. The smallest absolute Gasteiger partial charge is 0.166 e. The number of ether oxygens (including phenoxy) is 1. The van der Waals surface area contributed by atoms with Crippen molar-refractivity contribution in [3.05, 3.63) is 81.6 Å². The zero-order chi connectivity index (χ0) is 19.7. The molecule has 0 amide bonds. The molecule has 0 atom stereocenters. The highest BCUT2D eigenvalue weighted by Crippen LogP contribution is 2.37. The van der Waals surface area contributed by atoms with Crippen LogP contribution in [0.15, 0.2) is 53.7 Å². The minimum atomic E-state index is -0.655. The second kappa shape index (κ2) is 7.73. The molecule has 1 aliphatic heterocycles. The van der Waals surface area contributed by atoms with Crippen molar-refractivity contribution < 1.29 is 13.5 Å². The average molecular weight is 420 g/mol. The molecule has 1 aromatic heterocycles. The first-order valence-electron chi connectivity index (χ1n) is 8.32. The number of fused-ring (bicyclic) bond motifs is 1. The summed E-state index contributed by atoms with van der Waals surface area (Å²) in [5.41, 5.74) is 2.18. The van der Waals surface area contributed by atoms with Crippen molar-refractivity contribution in [2.75, 3.05) is 4.90 Å². The van der Waals surface area contributed by atoms with Gasteiger partial charge in [0, 0.05) is 22.8 Å². The highest BCUT2D eigenvalue weighted by atomic mass is 35.5. The summed E-state index contributed by atoms with van der Waals surface area (Å²) in [5, 5.41) is 0.774. The molecule has 0 spiro atoms. The van der Waals surface area contributed by atoms with E-state index in [0.29, 0.717) is 17.3 Å². The van der Waals surface area contributed by atoms with Gasteiger partial charge in [-0.25, -0.2) is 13.8 Å². The molecule has 3 aromatic rings. The minimum absolute atomic E-state index is 0.0668. The van der Waals surface area contributed by atoms with E-state index in [-0.39, 0.29) is 23.1 Å². The molecule has 2 aromatic carbocycles. The lowest BCUT2D eigenvalue weighted by Crippen LogP contribution is -2.24. The van der Waals surface area contributed by atoms with Crippen molar-refractivity contribution in [1.29, 1.82) is 0 Å². The highest BCUT2D eigenvalue weighted by Gasteiger charge is 2.20. The molecule has 142 valence electrons. The van der Waals surface area contributed by atoms with Crippen LogP contribution in [0.2, 0.25) is 10.0 Å². The van der Waals surface area contributed by atoms with Crippen molar-refractivity contribution in [1.82, 2.24) is 4.98 Å². The Hall–Kier alpha value is -2.70. The standard InChI is InChI=1S/C20H13Cl2F2N3O/c21-13-3-1-5-17-12(13)9-27(11-26-17)19-8-20(16(24)7-14(19)22)28-10-18-15(23)4-2-6-25-18/h1-8,11H,9-10H2. The molecular weight excluding hydrogens is 407 g/mol. The number of aliphatic imine (C=N–C) groups is 1. The average Bonchev–Trinajstić information content (AvgIpc) is 2.69. The van der Waals surface area contributed by atoms with Gasteiger partial charge in [0.2, 0.25) is 0 Å². The molecule has 0 fully saturated rings. The van der Waals surface area contributed by atoms with Crippen LogP contribution in [0.4, 0.5) is 20.2 Å². The summed E-state index contributed by atoms with van der Waals surface area (Å²) in [4.78, 5) is 10.0. The SMILES string of the molecule is Fc1cc(Cl)c(N2C=Nc3cccc(Cl)c3C2)cc1OCc1ncccc1F. The van der Waals surface area contributed by atoms with Gasteiger partial charge in [-0.1, -0.05) is 29.3 Å². The molecule has 0 bridgehead atoms. The predicted molar refractivity (Wildman–Crippen MR) is 106 cm³/mol. The van der Waals surface area contributed by atoms with E-state index in [1.54, 1.807) is 17.3 Å². The van der Waals surface area contributed by atoms with E-state index in [4.69, 9.17) is 27.9 Å². The molecule has 0 radical (unpaired) electrons.